The predicted octanol–water partition coefficient (Wildman–Crippen LogP) is 6.72. The summed E-state index contributed by atoms with van der Waals surface area (Å²) in [7, 11) is 0. The molecule has 6 heteroatoms. The second-order valence-corrected chi connectivity index (χ2v) is 6.38. The molecule has 2 rings (SSSR count). The molecular formula is C14H10BrCl3FN. The summed E-state index contributed by atoms with van der Waals surface area (Å²) in [6.07, 6.45) is 0. The molecule has 0 aliphatic rings. The zero-order chi connectivity index (χ0) is 14.9. The van der Waals surface area contributed by atoms with Crippen molar-refractivity contribution in [1.29, 1.82) is 0 Å². The summed E-state index contributed by atoms with van der Waals surface area (Å²) in [6.45, 7) is 1.92. The molecule has 2 aromatic rings. The first-order chi connectivity index (χ1) is 9.38. The summed E-state index contributed by atoms with van der Waals surface area (Å²) in [4.78, 5) is 0. The molecule has 0 bridgehead atoms. The number of benzene rings is 2. The van der Waals surface area contributed by atoms with E-state index in [2.05, 4.69) is 21.2 Å². The van der Waals surface area contributed by atoms with E-state index in [1.54, 1.807) is 18.2 Å². The van der Waals surface area contributed by atoms with Gasteiger partial charge in [0, 0.05) is 14.5 Å². The van der Waals surface area contributed by atoms with Crippen molar-refractivity contribution in [3.05, 3.63) is 61.3 Å². The van der Waals surface area contributed by atoms with Gasteiger partial charge in [0.25, 0.3) is 0 Å². The standard InChI is InChI=1S/C14H10BrCl3FN/c1-7(10-4-8(16)2-3-12(10)17)20-14-11(15)5-9(19)6-13(14)18/h2-7,20H,1H3. The molecule has 0 heterocycles. The summed E-state index contributed by atoms with van der Waals surface area (Å²) in [5, 5.41) is 4.69. The number of hydrogen-bond donors (Lipinski definition) is 1. The van der Waals surface area contributed by atoms with Gasteiger partial charge in [-0.15, -0.1) is 0 Å². The van der Waals surface area contributed by atoms with Crippen LogP contribution in [0.1, 0.15) is 18.5 Å². The van der Waals surface area contributed by atoms with E-state index in [1.807, 2.05) is 6.92 Å². The number of rotatable bonds is 3. The fourth-order valence-electron chi connectivity index (χ4n) is 1.82. The van der Waals surface area contributed by atoms with E-state index in [4.69, 9.17) is 34.8 Å². The molecule has 0 saturated carbocycles. The van der Waals surface area contributed by atoms with Crippen LogP contribution < -0.4 is 5.32 Å². The highest BCUT2D eigenvalue weighted by molar-refractivity contribution is 9.10. The molecule has 1 N–H and O–H groups in total. The Balaban J connectivity index is 2.32. The molecule has 1 atom stereocenters. The molecule has 0 aliphatic carbocycles. The zero-order valence-electron chi connectivity index (χ0n) is 10.4. The molecule has 106 valence electrons. The average Bonchev–Trinajstić information content (AvgIpc) is 2.36. The van der Waals surface area contributed by atoms with E-state index in [-0.39, 0.29) is 6.04 Å². The van der Waals surface area contributed by atoms with Crippen molar-refractivity contribution < 1.29 is 4.39 Å². The van der Waals surface area contributed by atoms with Gasteiger partial charge < -0.3 is 5.32 Å². The Hall–Kier alpha value is -0.480. The van der Waals surface area contributed by atoms with Crippen LogP contribution in [0.2, 0.25) is 15.1 Å². The van der Waals surface area contributed by atoms with E-state index >= 15 is 0 Å². The molecule has 2 aromatic carbocycles. The van der Waals surface area contributed by atoms with Gasteiger partial charge >= 0.3 is 0 Å². The van der Waals surface area contributed by atoms with Gasteiger partial charge in [-0.05, 0) is 58.7 Å². The third-order valence-corrected chi connectivity index (χ3v) is 4.30. The van der Waals surface area contributed by atoms with Crippen molar-refractivity contribution in [2.45, 2.75) is 13.0 Å². The molecule has 20 heavy (non-hydrogen) atoms. The summed E-state index contributed by atoms with van der Waals surface area (Å²) >= 11 is 21.5. The Kier molecular flexibility index (Phi) is 5.19. The third-order valence-electron chi connectivity index (χ3n) is 2.79. The van der Waals surface area contributed by atoms with Crippen LogP contribution in [0.3, 0.4) is 0 Å². The van der Waals surface area contributed by atoms with Crippen molar-refractivity contribution in [3.8, 4) is 0 Å². The number of halogens is 5. The molecule has 1 unspecified atom stereocenters. The smallest absolute Gasteiger partial charge is 0.125 e. The SMILES string of the molecule is CC(Nc1c(Cl)cc(F)cc1Br)c1cc(Cl)ccc1Cl. The second kappa shape index (κ2) is 6.52. The van der Waals surface area contributed by atoms with Crippen LogP contribution in [-0.2, 0) is 0 Å². The summed E-state index contributed by atoms with van der Waals surface area (Å²) < 4.78 is 13.8. The highest BCUT2D eigenvalue weighted by Gasteiger charge is 2.14. The van der Waals surface area contributed by atoms with Crippen LogP contribution in [0.4, 0.5) is 10.1 Å². The van der Waals surface area contributed by atoms with Gasteiger partial charge in [-0.2, -0.15) is 0 Å². The lowest BCUT2D eigenvalue weighted by Crippen LogP contribution is -2.08. The number of nitrogens with one attached hydrogen (secondary N) is 1. The van der Waals surface area contributed by atoms with Crippen molar-refractivity contribution in [3.63, 3.8) is 0 Å². The Morgan fingerprint density at radius 3 is 2.45 bits per heavy atom. The van der Waals surface area contributed by atoms with E-state index in [9.17, 15) is 4.39 Å². The van der Waals surface area contributed by atoms with E-state index < -0.39 is 5.82 Å². The minimum atomic E-state index is -0.402. The van der Waals surface area contributed by atoms with Crippen molar-refractivity contribution in [1.82, 2.24) is 0 Å². The Morgan fingerprint density at radius 1 is 1.10 bits per heavy atom. The van der Waals surface area contributed by atoms with Gasteiger partial charge in [0.2, 0.25) is 0 Å². The van der Waals surface area contributed by atoms with Crippen LogP contribution in [0, 0.1) is 5.82 Å². The molecule has 0 aromatic heterocycles. The zero-order valence-corrected chi connectivity index (χ0v) is 14.2. The van der Waals surface area contributed by atoms with Crippen LogP contribution in [0.25, 0.3) is 0 Å². The minimum absolute atomic E-state index is 0.138. The maximum Gasteiger partial charge on any atom is 0.125 e. The fourth-order valence-corrected chi connectivity index (χ4v) is 3.20. The second-order valence-electron chi connectivity index (χ2n) is 4.28. The molecule has 0 spiro atoms. The summed E-state index contributed by atoms with van der Waals surface area (Å²) in [6, 6.07) is 7.70. The lowest BCUT2D eigenvalue weighted by molar-refractivity contribution is 0.627. The quantitative estimate of drug-likeness (QED) is 0.606. The van der Waals surface area contributed by atoms with Gasteiger partial charge in [0.05, 0.1) is 16.8 Å². The van der Waals surface area contributed by atoms with Crippen molar-refractivity contribution in [2.24, 2.45) is 0 Å². The van der Waals surface area contributed by atoms with Gasteiger partial charge in [-0.3, -0.25) is 0 Å². The van der Waals surface area contributed by atoms with E-state index in [0.717, 1.165) is 5.56 Å². The van der Waals surface area contributed by atoms with Gasteiger partial charge in [-0.1, -0.05) is 34.8 Å². The lowest BCUT2D eigenvalue weighted by atomic mass is 10.1. The molecule has 0 saturated heterocycles. The average molecular weight is 398 g/mol. The first-order valence-corrected chi connectivity index (χ1v) is 7.67. The highest BCUT2D eigenvalue weighted by atomic mass is 79.9. The maximum atomic E-state index is 13.2. The lowest BCUT2D eigenvalue weighted by Gasteiger charge is -2.19. The molecule has 0 amide bonds. The monoisotopic (exact) mass is 395 g/mol. The molecular weight excluding hydrogens is 387 g/mol. The van der Waals surface area contributed by atoms with Crippen LogP contribution in [-0.4, -0.2) is 0 Å². The largest absolute Gasteiger partial charge is 0.376 e. The minimum Gasteiger partial charge on any atom is -0.376 e. The van der Waals surface area contributed by atoms with Gasteiger partial charge in [-0.25, -0.2) is 4.39 Å². The Labute approximate surface area is 140 Å². The molecule has 0 fully saturated rings. The first-order valence-electron chi connectivity index (χ1n) is 5.74. The van der Waals surface area contributed by atoms with Crippen LogP contribution in [0.5, 0.6) is 0 Å². The van der Waals surface area contributed by atoms with Gasteiger partial charge in [0.15, 0.2) is 0 Å². The summed E-state index contributed by atoms with van der Waals surface area (Å²) in [5.74, 6) is -0.402. The topological polar surface area (TPSA) is 12.0 Å². The normalized spacial score (nSPS) is 12.3. The Bertz CT molecular complexity index is 625. The predicted molar refractivity (Wildman–Crippen MR) is 87.6 cm³/mol. The van der Waals surface area contributed by atoms with E-state index in [0.29, 0.717) is 25.2 Å². The molecule has 0 radical (unpaired) electrons. The first kappa shape index (κ1) is 15.9. The summed E-state index contributed by atoms with van der Waals surface area (Å²) in [5.41, 5.74) is 1.45. The molecule has 0 aliphatic heterocycles. The fraction of sp³-hybridized carbons (Fsp3) is 0.143. The number of hydrogen-bond acceptors (Lipinski definition) is 1. The number of anilines is 1. The van der Waals surface area contributed by atoms with Crippen LogP contribution in [0.15, 0.2) is 34.8 Å². The maximum absolute atomic E-state index is 13.2. The van der Waals surface area contributed by atoms with Crippen LogP contribution >= 0.6 is 50.7 Å². The van der Waals surface area contributed by atoms with Crippen molar-refractivity contribution >= 4 is 56.4 Å². The highest BCUT2D eigenvalue weighted by Crippen LogP contribution is 2.36. The van der Waals surface area contributed by atoms with Gasteiger partial charge in [0.1, 0.15) is 5.82 Å². The molecule has 1 nitrogen and oxygen atoms in total. The van der Waals surface area contributed by atoms with Crippen molar-refractivity contribution in [2.75, 3.05) is 5.32 Å². The van der Waals surface area contributed by atoms with E-state index in [1.165, 1.54) is 12.1 Å². The Morgan fingerprint density at radius 2 is 1.80 bits per heavy atom. The third kappa shape index (κ3) is 3.59.